The average molecular weight is 410 g/mol. The number of hydrogen-bond acceptors (Lipinski definition) is 3. The number of benzene rings is 3. The van der Waals surface area contributed by atoms with E-state index in [4.69, 9.17) is 23.2 Å². The first kappa shape index (κ1) is 17.9. The van der Waals surface area contributed by atoms with E-state index in [1.807, 2.05) is 54.6 Å². The molecule has 0 aliphatic rings. The van der Waals surface area contributed by atoms with Crippen LogP contribution in [-0.2, 0) is 0 Å². The van der Waals surface area contributed by atoms with Crippen LogP contribution in [0.15, 0.2) is 72.8 Å². The Hall–Kier alpha value is -2.46. The molecule has 0 atom stereocenters. The van der Waals surface area contributed by atoms with Crippen LogP contribution < -0.4 is 0 Å². The van der Waals surface area contributed by atoms with E-state index in [2.05, 4.69) is 4.98 Å². The van der Waals surface area contributed by atoms with Gasteiger partial charge >= 0.3 is 0 Å². The molecule has 0 aliphatic carbocycles. The van der Waals surface area contributed by atoms with E-state index < -0.39 is 0 Å². The van der Waals surface area contributed by atoms with Crippen molar-refractivity contribution in [1.82, 2.24) is 4.98 Å². The molecule has 0 fully saturated rings. The van der Waals surface area contributed by atoms with Gasteiger partial charge < -0.3 is 0 Å². The Labute approximate surface area is 170 Å². The van der Waals surface area contributed by atoms with E-state index in [1.54, 1.807) is 24.3 Å². The van der Waals surface area contributed by atoms with Crippen molar-refractivity contribution in [1.29, 1.82) is 0 Å². The fourth-order valence-electron chi connectivity index (χ4n) is 2.74. The molecule has 5 heteroatoms. The molecule has 1 heterocycles. The zero-order chi connectivity index (χ0) is 18.8. The number of fused-ring (bicyclic) bond motifs is 1. The topological polar surface area (TPSA) is 30.0 Å². The summed E-state index contributed by atoms with van der Waals surface area (Å²) in [5.41, 5.74) is 2.64. The minimum atomic E-state index is -0.106. The van der Waals surface area contributed by atoms with Crippen LogP contribution in [0.25, 0.3) is 21.9 Å². The highest BCUT2D eigenvalue weighted by Crippen LogP contribution is 2.33. The molecule has 4 aromatic rings. The number of Topliss-reactive ketones (excluding diaryl/α,β-unsaturated/α-hetero) is 1. The lowest BCUT2D eigenvalue weighted by molar-refractivity contribution is 0.105. The summed E-state index contributed by atoms with van der Waals surface area (Å²) in [6.07, 6.45) is 1.77. The fraction of sp³-hybridized carbons (Fsp3) is 0. The monoisotopic (exact) mass is 409 g/mol. The summed E-state index contributed by atoms with van der Waals surface area (Å²) in [5, 5.41) is 1.51. The molecule has 0 saturated carbocycles. The van der Waals surface area contributed by atoms with Gasteiger partial charge in [-0.1, -0.05) is 77.8 Å². The fourth-order valence-corrected chi connectivity index (χ4v) is 4.09. The molecule has 0 radical (unpaired) electrons. The molecule has 0 bridgehead atoms. The lowest BCUT2D eigenvalue weighted by atomic mass is 10.0. The molecule has 1 aromatic heterocycles. The first-order valence-corrected chi connectivity index (χ1v) is 9.82. The number of rotatable bonds is 4. The largest absolute Gasteiger partial charge is 0.288 e. The van der Waals surface area contributed by atoms with Crippen LogP contribution in [0, 0.1) is 0 Å². The molecule has 0 aliphatic heterocycles. The third-order valence-electron chi connectivity index (χ3n) is 4.09. The van der Waals surface area contributed by atoms with Gasteiger partial charge in [0.25, 0.3) is 0 Å². The Morgan fingerprint density at radius 1 is 0.889 bits per heavy atom. The Morgan fingerprint density at radius 3 is 2.41 bits per heavy atom. The van der Waals surface area contributed by atoms with Gasteiger partial charge in [-0.15, -0.1) is 11.3 Å². The van der Waals surface area contributed by atoms with Crippen molar-refractivity contribution in [2.24, 2.45) is 0 Å². The summed E-state index contributed by atoms with van der Waals surface area (Å²) in [7, 11) is 0. The van der Waals surface area contributed by atoms with Crippen molar-refractivity contribution in [2.45, 2.75) is 0 Å². The first-order chi connectivity index (χ1) is 13.1. The molecule has 132 valence electrons. The van der Waals surface area contributed by atoms with Gasteiger partial charge in [-0.05, 0) is 29.8 Å². The number of allylic oxidation sites excluding steroid dienone is 1. The highest BCUT2D eigenvalue weighted by atomic mass is 35.5. The third-order valence-corrected chi connectivity index (χ3v) is 5.99. The molecule has 2 nitrogen and oxygen atoms in total. The van der Waals surface area contributed by atoms with Crippen LogP contribution in [0.3, 0.4) is 0 Å². The van der Waals surface area contributed by atoms with Gasteiger partial charge in [0, 0.05) is 5.56 Å². The van der Waals surface area contributed by atoms with Gasteiger partial charge in [-0.3, -0.25) is 4.79 Å². The van der Waals surface area contributed by atoms with Gasteiger partial charge in [0.05, 0.1) is 25.8 Å². The van der Waals surface area contributed by atoms with E-state index in [1.165, 1.54) is 11.3 Å². The minimum Gasteiger partial charge on any atom is -0.288 e. The Morgan fingerprint density at radius 2 is 1.63 bits per heavy atom. The number of hydrogen-bond donors (Lipinski definition) is 0. The van der Waals surface area contributed by atoms with Gasteiger partial charge in [0.1, 0.15) is 5.01 Å². The molecular formula is C22H13Cl2NOS. The number of carbonyl (C=O) groups excluding carboxylic acids is 1. The maximum absolute atomic E-state index is 13.2. The normalized spacial score (nSPS) is 11.7. The second kappa shape index (κ2) is 7.65. The Bertz CT molecular complexity index is 1130. The molecule has 0 saturated heterocycles. The molecule has 0 N–H and O–H groups in total. The van der Waals surface area contributed by atoms with Crippen LogP contribution in [0.1, 0.15) is 20.9 Å². The van der Waals surface area contributed by atoms with Crippen LogP contribution >= 0.6 is 34.5 Å². The summed E-state index contributed by atoms with van der Waals surface area (Å²) in [6, 6.07) is 22.3. The molecule has 4 rings (SSSR count). The number of ketones is 1. The van der Waals surface area contributed by atoms with E-state index in [9.17, 15) is 4.79 Å². The standard InChI is InChI=1S/C22H13Cl2NOS/c23-17-10-6-9-15(20(17)24)13-16(21(26)14-7-2-1-3-8-14)22-25-18-11-4-5-12-19(18)27-22/h1-13H/b16-13-. The van der Waals surface area contributed by atoms with Gasteiger partial charge in [-0.2, -0.15) is 0 Å². The SMILES string of the molecule is O=C(/C(=C/c1cccc(Cl)c1Cl)c1nc2ccccc2s1)c1ccccc1. The van der Waals surface area contributed by atoms with Crippen LogP contribution in [0.4, 0.5) is 0 Å². The van der Waals surface area contributed by atoms with Crippen molar-refractivity contribution in [3.05, 3.63) is 99.0 Å². The number of carbonyl (C=O) groups is 1. The molecule has 0 spiro atoms. The van der Waals surface area contributed by atoms with E-state index in [0.29, 0.717) is 31.8 Å². The predicted octanol–water partition coefficient (Wildman–Crippen LogP) is 7.03. The lowest BCUT2D eigenvalue weighted by Crippen LogP contribution is -2.02. The second-order valence-electron chi connectivity index (χ2n) is 5.88. The Kier molecular flexibility index (Phi) is 5.08. The number of aromatic nitrogens is 1. The number of halogens is 2. The minimum absolute atomic E-state index is 0.106. The summed E-state index contributed by atoms with van der Waals surface area (Å²) in [5.74, 6) is -0.106. The van der Waals surface area contributed by atoms with Crippen LogP contribution in [0.2, 0.25) is 10.0 Å². The summed E-state index contributed by atoms with van der Waals surface area (Å²) in [6.45, 7) is 0. The van der Waals surface area contributed by atoms with Crippen LogP contribution in [-0.4, -0.2) is 10.8 Å². The maximum atomic E-state index is 13.2. The lowest BCUT2D eigenvalue weighted by Gasteiger charge is -2.06. The van der Waals surface area contributed by atoms with Gasteiger partial charge in [0.15, 0.2) is 5.78 Å². The van der Waals surface area contributed by atoms with Gasteiger partial charge in [0.2, 0.25) is 0 Å². The zero-order valence-corrected chi connectivity index (χ0v) is 16.4. The van der Waals surface area contributed by atoms with Crippen molar-refractivity contribution in [3.63, 3.8) is 0 Å². The summed E-state index contributed by atoms with van der Waals surface area (Å²) >= 11 is 14.0. The molecule has 27 heavy (non-hydrogen) atoms. The number of nitrogens with zero attached hydrogens (tertiary/aromatic N) is 1. The molecule has 0 amide bonds. The molecular weight excluding hydrogens is 397 g/mol. The van der Waals surface area contributed by atoms with Crippen LogP contribution in [0.5, 0.6) is 0 Å². The first-order valence-electron chi connectivity index (χ1n) is 8.25. The highest BCUT2D eigenvalue weighted by molar-refractivity contribution is 7.20. The van der Waals surface area contributed by atoms with E-state index >= 15 is 0 Å². The quantitative estimate of drug-likeness (QED) is 0.267. The van der Waals surface area contributed by atoms with E-state index in [0.717, 1.165) is 10.2 Å². The third kappa shape index (κ3) is 3.67. The van der Waals surface area contributed by atoms with Gasteiger partial charge in [-0.25, -0.2) is 4.98 Å². The van der Waals surface area contributed by atoms with Crippen molar-refractivity contribution < 1.29 is 4.79 Å². The van der Waals surface area contributed by atoms with Crippen molar-refractivity contribution in [3.8, 4) is 0 Å². The smallest absolute Gasteiger partial charge is 0.196 e. The zero-order valence-electron chi connectivity index (χ0n) is 14.0. The molecule has 3 aromatic carbocycles. The average Bonchev–Trinajstić information content (AvgIpc) is 3.13. The van der Waals surface area contributed by atoms with E-state index in [-0.39, 0.29) is 5.78 Å². The number of thiazole rings is 1. The summed E-state index contributed by atoms with van der Waals surface area (Å²) < 4.78 is 1.02. The predicted molar refractivity (Wildman–Crippen MR) is 115 cm³/mol. The van der Waals surface area contributed by atoms with Crippen molar-refractivity contribution >= 4 is 62.2 Å². The maximum Gasteiger partial charge on any atom is 0.196 e. The molecule has 0 unspecified atom stereocenters. The second-order valence-corrected chi connectivity index (χ2v) is 7.70. The highest BCUT2D eigenvalue weighted by Gasteiger charge is 2.19. The van der Waals surface area contributed by atoms with Crippen molar-refractivity contribution in [2.75, 3.05) is 0 Å². The summed E-state index contributed by atoms with van der Waals surface area (Å²) in [4.78, 5) is 17.9. The Balaban J connectivity index is 1.90. The number of para-hydroxylation sites is 1.